The Morgan fingerprint density at radius 2 is 1.77 bits per heavy atom. The fourth-order valence-corrected chi connectivity index (χ4v) is 1.98. The average molecular weight is 292 g/mol. The third-order valence-electron chi connectivity index (χ3n) is 3.06. The second kappa shape index (κ2) is 7.09. The van der Waals surface area contributed by atoms with Gasteiger partial charge in [-0.1, -0.05) is 12.1 Å². The Bertz CT molecular complexity index is 723. The summed E-state index contributed by atoms with van der Waals surface area (Å²) in [5, 5.41) is 12.0. The Morgan fingerprint density at radius 1 is 1.14 bits per heavy atom. The quantitative estimate of drug-likeness (QED) is 0.690. The highest BCUT2D eigenvalue weighted by Crippen LogP contribution is 2.21. The van der Waals surface area contributed by atoms with Crippen LogP contribution in [0.5, 0.6) is 5.75 Å². The molecule has 0 radical (unpaired) electrons. The van der Waals surface area contributed by atoms with Gasteiger partial charge in [0.15, 0.2) is 0 Å². The molecule has 0 saturated carbocycles. The van der Waals surface area contributed by atoms with Gasteiger partial charge in [-0.3, -0.25) is 4.79 Å². The molecule has 0 aliphatic rings. The SMILES string of the molecule is COc1ccc(/C(C#N)=C/c2ccc(NC(C)=O)cc2)cc1. The Morgan fingerprint density at radius 3 is 2.27 bits per heavy atom. The van der Waals surface area contributed by atoms with Crippen LogP contribution in [0.4, 0.5) is 5.69 Å². The summed E-state index contributed by atoms with van der Waals surface area (Å²) in [5.74, 6) is 0.639. The molecule has 0 spiro atoms. The molecule has 1 amide bonds. The first-order valence-corrected chi connectivity index (χ1v) is 6.76. The van der Waals surface area contributed by atoms with Crippen LogP contribution in [0.2, 0.25) is 0 Å². The van der Waals surface area contributed by atoms with Crippen molar-refractivity contribution in [1.29, 1.82) is 5.26 Å². The van der Waals surface area contributed by atoms with Crippen molar-refractivity contribution in [3.8, 4) is 11.8 Å². The molecule has 22 heavy (non-hydrogen) atoms. The number of hydrogen-bond acceptors (Lipinski definition) is 3. The van der Waals surface area contributed by atoms with Gasteiger partial charge in [0, 0.05) is 12.6 Å². The van der Waals surface area contributed by atoms with Crippen LogP contribution in [0.1, 0.15) is 18.1 Å². The van der Waals surface area contributed by atoms with Crippen molar-refractivity contribution in [2.45, 2.75) is 6.92 Å². The predicted molar refractivity (Wildman–Crippen MR) is 87.2 cm³/mol. The van der Waals surface area contributed by atoms with Crippen LogP contribution >= 0.6 is 0 Å². The van der Waals surface area contributed by atoms with Gasteiger partial charge in [-0.25, -0.2) is 0 Å². The summed E-state index contributed by atoms with van der Waals surface area (Å²) in [6.07, 6.45) is 1.80. The fourth-order valence-electron chi connectivity index (χ4n) is 1.98. The number of methoxy groups -OCH3 is 1. The van der Waals surface area contributed by atoms with E-state index in [2.05, 4.69) is 11.4 Å². The third-order valence-corrected chi connectivity index (χ3v) is 3.06. The summed E-state index contributed by atoms with van der Waals surface area (Å²) >= 11 is 0. The number of ether oxygens (including phenoxy) is 1. The molecule has 2 aromatic carbocycles. The number of rotatable bonds is 4. The molecule has 0 saturated heterocycles. The number of nitrogens with one attached hydrogen (secondary N) is 1. The second-order valence-electron chi connectivity index (χ2n) is 4.70. The molecule has 0 fully saturated rings. The predicted octanol–water partition coefficient (Wildman–Crippen LogP) is 3.72. The average Bonchev–Trinajstić information content (AvgIpc) is 2.54. The van der Waals surface area contributed by atoms with E-state index in [0.717, 1.165) is 22.6 Å². The van der Waals surface area contributed by atoms with Gasteiger partial charge in [0.05, 0.1) is 18.8 Å². The number of carbonyl (C=O) groups is 1. The van der Waals surface area contributed by atoms with Crippen molar-refractivity contribution < 1.29 is 9.53 Å². The molecule has 4 heteroatoms. The molecule has 0 aliphatic carbocycles. The van der Waals surface area contributed by atoms with Gasteiger partial charge in [-0.05, 0) is 53.6 Å². The Hall–Kier alpha value is -3.06. The minimum Gasteiger partial charge on any atom is -0.497 e. The van der Waals surface area contributed by atoms with E-state index in [0.29, 0.717) is 5.57 Å². The summed E-state index contributed by atoms with van der Waals surface area (Å²) in [4.78, 5) is 11.0. The number of hydrogen-bond donors (Lipinski definition) is 1. The van der Waals surface area contributed by atoms with Crippen molar-refractivity contribution in [2.75, 3.05) is 12.4 Å². The van der Waals surface area contributed by atoms with Crippen LogP contribution in [0, 0.1) is 11.3 Å². The van der Waals surface area contributed by atoms with Crippen LogP contribution in [-0.2, 0) is 4.79 Å². The van der Waals surface area contributed by atoms with E-state index in [-0.39, 0.29) is 5.91 Å². The molecule has 2 aromatic rings. The third kappa shape index (κ3) is 3.97. The Labute approximate surface area is 129 Å². The Kier molecular flexibility index (Phi) is 4.94. The first-order valence-electron chi connectivity index (χ1n) is 6.76. The summed E-state index contributed by atoms with van der Waals surface area (Å²) < 4.78 is 5.11. The highest BCUT2D eigenvalue weighted by Gasteiger charge is 2.02. The van der Waals surface area contributed by atoms with Gasteiger partial charge in [-0.2, -0.15) is 5.26 Å². The van der Waals surface area contributed by atoms with Gasteiger partial charge >= 0.3 is 0 Å². The highest BCUT2D eigenvalue weighted by atomic mass is 16.5. The zero-order valence-corrected chi connectivity index (χ0v) is 12.5. The topological polar surface area (TPSA) is 62.1 Å². The molecular formula is C18H16N2O2. The van der Waals surface area contributed by atoms with E-state index in [9.17, 15) is 10.1 Å². The minimum absolute atomic E-state index is 0.112. The number of nitrogens with zero attached hydrogens (tertiary/aromatic N) is 1. The molecule has 0 aliphatic heterocycles. The van der Waals surface area contributed by atoms with Crippen molar-refractivity contribution in [2.24, 2.45) is 0 Å². The lowest BCUT2D eigenvalue weighted by molar-refractivity contribution is -0.114. The van der Waals surface area contributed by atoms with Crippen LogP contribution in [-0.4, -0.2) is 13.0 Å². The normalized spacial score (nSPS) is 10.7. The summed E-state index contributed by atoms with van der Waals surface area (Å²) in [6.45, 7) is 1.46. The molecule has 4 nitrogen and oxygen atoms in total. The minimum atomic E-state index is -0.112. The lowest BCUT2D eigenvalue weighted by Crippen LogP contribution is -2.05. The standard InChI is InChI=1S/C18H16N2O2/c1-13(21)20-17-7-3-14(4-8-17)11-16(12-19)15-5-9-18(22-2)10-6-15/h3-11H,1-2H3,(H,20,21)/b16-11+. The molecule has 0 atom stereocenters. The monoisotopic (exact) mass is 292 g/mol. The zero-order valence-electron chi connectivity index (χ0n) is 12.5. The lowest BCUT2D eigenvalue weighted by Gasteiger charge is -2.04. The highest BCUT2D eigenvalue weighted by molar-refractivity contribution is 5.91. The number of benzene rings is 2. The zero-order chi connectivity index (χ0) is 15.9. The largest absolute Gasteiger partial charge is 0.497 e. The lowest BCUT2D eigenvalue weighted by atomic mass is 10.0. The smallest absolute Gasteiger partial charge is 0.221 e. The van der Waals surface area contributed by atoms with Gasteiger partial charge < -0.3 is 10.1 Å². The van der Waals surface area contributed by atoms with E-state index in [1.54, 1.807) is 25.3 Å². The first kappa shape index (κ1) is 15.3. The summed E-state index contributed by atoms with van der Waals surface area (Å²) in [5.41, 5.74) is 3.01. The van der Waals surface area contributed by atoms with Crippen molar-refractivity contribution >= 4 is 23.2 Å². The number of amides is 1. The molecule has 1 N–H and O–H groups in total. The summed E-state index contributed by atoms with van der Waals surface area (Å²) in [6, 6.07) is 16.8. The number of allylic oxidation sites excluding steroid dienone is 1. The molecule has 0 heterocycles. The van der Waals surface area contributed by atoms with E-state index >= 15 is 0 Å². The van der Waals surface area contributed by atoms with Crippen LogP contribution in [0.15, 0.2) is 48.5 Å². The molecule has 0 aromatic heterocycles. The molecule has 0 bridgehead atoms. The number of nitriles is 1. The Balaban J connectivity index is 2.24. The van der Waals surface area contributed by atoms with Crippen LogP contribution in [0.3, 0.4) is 0 Å². The number of carbonyl (C=O) groups excluding carboxylic acids is 1. The fraction of sp³-hybridized carbons (Fsp3) is 0.111. The van der Waals surface area contributed by atoms with Crippen LogP contribution < -0.4 is 10.1 Å². The van der Waals surface area contributed by atoms with E-state index < -0.39 is 0 Å². The van der Waals surface area contributed by atoms with Gasteiger partial charge in [0.25, 0.3) is 0 Å². The first-order chi connectivity index (χ1) is 10.6. The van der Waals surface area contributed by atoms with Gasteiger partial charge in [-0.15, -0.1) is 0 Å². The molecule has 0 unspecified atom stereocenters. The molecule has 110 valence electrons. The van der Waals surface area contributed by atoms with E-state index in [1.807, 2.05) is 36.4 Å². The van der Waals surface area contributed by atoms with Crippen molar-refractivity contribution in [1.82, 2.24) is 0 Å². The van der Waals surface area contributed by atoms with Crippen molar-refractivity contribution in [3.05, 3.63) is 59.7 Å². The molecular weight excluding hydrogens is 276 g/mol. The van der Waals surface area contributed by atoms with Gasteiger partial charge in [0.1, 0.15) is 5.75 Å². The second-order valence-corrected chi connectivity index (χ2v) is 4.70. The van der Waals surface area contributed by atoms with E-state index in [4.69, 9.17) is 4.74 Å². The maximum absolute atomic E-state index is 11.0. The summed E-state index contributed by atoms with van der Waals surface area (Å²) in [7, 11) is 1.60. The van der Waals surface area contributed by atoms with Crippen molar-refractivity contribution in [3.63, 3.8) is 0 Å². The van der Waals surface area contributed by atoms with Crippen LogP contribution in [0.25, 0.3) is 11.6 Å². The van der Waals surface area contributed by atoms with E-state index in [1.165, 1.54) is 6.92 Å². The maximum atomic E-state index is 11.0. The maximum Gasteiger partial charge on any atom is 0.221 e. The number of anilines is 1. The van der Waals surface area contributed by atoms with Gasteiger partial charge in [0.2, 0.25) is 5.91 Å². The molecule has 2 rings (SSSR count).